The minimum absolute atomic E-state index is 0.112. The molecule has 0 spiro atoms. The Balaban J connectivity index is 1.75. The number of amides is 2. The van der Waals surface area contributed by atoms with Crippen molar-refractivity contribution in [1.29, 1.82) is 0 Å². The van der Waals surface area contributed by atoms with E-state index in [1.165, 1.54) is 21.9 Å². The first-order valence-corrected chi connectivity index (χ1v) is 9.22. The van der Waals surface area contributed by atoms with E-state index in [0.29, 0.717) is 24.1 Å². The first-order valence-electron chi connectivity index (χ1n) is 8.46. The minimum Gasteiger partial charge on any atom is -0.337 e. The lowest BCUT2D eigenvalue weighted by atomic mass is 10.1. The third-order valence-electron chi connectivity index (χ3n) is 4.49. The van der Waals surface area contributed by atoms with Crippen molar-refractivity contribution in [2.45, 2.75) is 6.42 Å². The molecular weight excluding hydrogens is 416 g/mol. The summed E-state index contributed by atoms with van der Waals surface area (Å²) in [6, 6.07) is 6.18. The number of halogens is 5. The summed E-state index contributed by atoms with van der Waals surface area (Å²) in [7, 11) is 0. The molecule has 0 saturated carbocycles. The topological polar surface area (TPSA) is 40.6 Å². The molecule has 2 amide bonds. The number of hydrogen-bond acceptors (Lipinski definition) is 2. The van der Waals surface area contributed by atoms with Crippen molar-refractivity contribution in [3.63, 3.8) is 0 Å². The van der Waals surface area contributed by atoms with Gasteiger partial charge in [0.05, 0.1) is 16.1 Å². The monoisotopic (exact) mass is 430 g/mol. The summed E-state index contributed by atoms with van der Waals surface area (Å²) >= 11 is 12.0. The van der Waals surface area contributed by atoms with Crippen LogP contribution in [-0.4, -0.2) is 47.8 Å². The van der Waals surface area contributed by atoms with E-state index in [4.69, 9.17) is 23.2 Å². The van der Waals surface area contributed by atoms with Crippen LogP contribution in [0.1, 0.15) is 27.1 Å². The van der Waals surface area contributed by atoms with E-state index in [1.54, 1.807) is 6.07 Å². The fourth-order valence-electron chi connectivity index (χ4n) is 3.02. The zero-order valence-corrected chi connectivity index (χ0v) is 16.0. The van der Waals surface area contributed by atoms with Crippen molar-refractivity contribution < 1.29 is 22.8 Å². The summed E-state index contributed by atoms with van der Waals surface area (Å²) in [5, 5.41) is 0.628. The van der Waals surface area contributed by atoms with E-state index in [0.717, 1.165) is 6.07 Å². The first kappa shape index (κ1) is 20.5. The molecule has 0 N–H and O–H groups in total. The Morgan fingerprint density at radius 3 is 2.04 bits per heavy atom. The van der Waals surface area contributed by atoms with Crippen molar-refractivity contribution >= 4 is 35.0 Å². The van der Waals surface area contributed by atoms with Crippen LogP contribution in [0.2, 0.25) is 10.0 Å². The predicted octanol–water partition coefficient (Wildman–Crippen LogP) is 4.40. The third kappa shape index (κ3) is 4.10. The van der Waals surface area contributed by atoms with Gasteiger partial charge in [0.15, 0.2) is 17.5 Å². The van der Waals surface area contributed by atoms with E-state index in [2.05, 4.69) is 0 Å². The lowest BCUT2D eigenvalue weighted by Crippen LogP contribution is -2.37. The van der Waals surface area contributed by atoms with Crippen LogP contribution in [-0.2, 0) is 0 Å². The molecule has 0 unspecified atom stereocenters. The summed E-state index contributed by atoms with van der Waals surface area (Å²) in [4.78, 5) is 28.1. The average molecular weight is 431 g/mol. The molecule has 0 atom stereocenters. The molecule has 148 valence electrons. The molecular formula is C19H15Cl2F3N2O2. The maximum atomic E-state index is 13.9. The normalized spacial score (nSPS) is 14.8. The van der Waals surface area contributed by atoms with Crippen LogP contribution in [0.4, 0.5) is 13.2 Å². The Bertz CT molecular complexity index is 940. The summed E-state index contributed by atoms with van der Waals surface area (Å²) in [5.74, 6) is -5.66. The van der Waals surface area contributed by atoms with Crippen molar-refractivity contribution in [3.05, 3.63) is 69.0 Å². The first-order chi connectivity index (χ1) is 13.3. The molecule has 1 fully saturated rings. The van der Waals surface area contributed by atoms with Crippen molar-refractivity contribution in [2.24, 2.45) is 0 Å². The Morgan fingerprint density at radius 2 is 1.39 bits per heavy atom. The van der Waals surface area contributed by atoms with E-state index >= 15 is 0 Å². The van der Waals surface area contributed by atoms with Crippen LogP contribution in [0.15, 0.2) is 30.3 Å². The minimum atomic E-state index is -1.69. The van der Waals surface area contributed by atoms with Crippen LogP contribution in [0.3, 0.4) is 0 Å². The van der Waals surface area contributed by atoms with E-state index < -0.39 is 28.9 Å². The average Bonchev–Trinajstić information content (AvgIpc) is 2.93. The Labute approximate surface area is 169 Å². The highest BCUT2D eigenvalue weighted by Crippen LogP contribution is 2.23. The SMILES string of the molecule is O=C(c1cc(Cl)ccc1Cl)N1CCCN(C(=O)c2ccc(F)c(F)c2F)CC1. The number of benzene rings is 2. The third-order valence-corrected chi connectivity index (χ3v) is 5.06. The van der Waals surface area contributed by atoms with Gasteiger partial charge >= 0.3 is 0 Å². The largest absolute Gasteiger partial charge is 0.337 e. The van der Waals surface area contributed by atoms with Gasteiger partial charge < -0.3 is 9.80 Å². The number of nitrogens with zero attached hydrogens (tertiary/aromatic N) is 2. The predicted molar refractivity (Wildman–Crippen MR) is 99.2 cm³/mol. The second-order valence-corrected chi connectivity index (χ2v) is 7.13. The van der Waals surface area contributed by atoms with Gasteiger partial charge in [0.25, 0.3) is 11.8 Å². The van der Waals surface area contributed by atoms with E-state index in [9.17, 15) is 22.8 Å². The lowest BCUT2D eigenvalue weighted by Gasteiger charge is -2.23. The molecule has 9 heteroatoms. The van der Waals surface area contributed by atoms with Gasteiger partial charge in [-0.2, -0.15) is 0 Å². The number of hydrogen-bond donors (Lipinski definition) is 0. The molecule has 1 aliphatic heterocycles. The van der Waals surface area contributed by atoms with Gasteiger partial charge in [-0.3, -0.25) is 9.59 Å². The molecule has 0 aliphatic carbocycles. The Morgan fingerprint density at radius 1 is 0.786 bits per heavy atom. The molecule has 0 aromatic heterocycles. The zero-order chi connectivity index (χ0) is 20.4. The molecule has 0 bridgehead atoms. The second kappa shape index (κ2) is 8.41. The van der Waals surface area contributed by atoms with Gasteiger partial charge in [-0.05, 0) is 36.8 Å². The quantitative estimate of drug-likeness (QED) is 0.662. The summed E-state index contributed by atoms with van der Waals surface area (Å²) in [5.41, 5.74) is -0.294. The lowest BCUT2D eigenvalue weighted by molar-refractivity contribution is 0.0715. The molecule has 4 nitrogen and oxygen atoms in total. The number of carbonyl (C=O) groups is 2. The standard InChI is InChI=1S/C19H15Cl2F3N2O2/c20-11-2-4-14(21)13(10-11)19(28)26-7-1-6-25(8-9-26)18(27)12-3-5-15(22)17(24)16(12)23/h2-5,10H,1,6-9H2. The van der Waals surface area contributed by atoms with Crippen molar-refractivity contribution in [2.75, 3.05) is 26.2 Å². The van der Waals surface area contributed by atoms with Gasteiger partial charge in [-0.1, -0.05) is 23.2 Å². The molecule has 1 heterocycles. The van der Waals surface area contributed by atoms with Gasteiger partial charge in [-0.25, -0.2) is 13.2 Å². The fraction of sp³-hybridized carbons (Fsp3) is 0.263. The van der Waals surface area contributed by atoms with Crippen LogP contribution in [0.5, 0.6) is 0 Å². The second-order valence-electron chi connectivity index (χ2n) is 6.29. The molecule has 2 aromatic carbocycles. The summed E-state index contributed by atoms with van der Waals surface area (Å²) in [6.07, 6.45) is 0.432. The maximum absolute atomic E-state index is 13.9. The Hall–Kier alpha value is -2.25. The van der Waals surface area contributed by atoms with Crippen LogP contribution in [0, 0.1) is 17.5 Å². The molecule has 3 rings (SSSR count). The number of rotatable bonds is 2. The highest BCUT2D eigenvalue weighted by Gasteiger charge is 2.27. The molecule has 0 radical (unpaired) electrons. The maximum Gasteiger partial charge on any atom is 0.257 e. The number of carbonyl (C=O) groups excluding carboxylic acids is 2. The van der Waals surface area contributed by atoms with E-state index in [-0.39, 0.29) is 36.1 Å². The van der Waals surface area contributed by atoms with Crippen LogP contribution in [0.25, 0.3) is 0 Å². The summed E-state index contributed by atoms with van der Waals surface area (Å²) in [6.45, 7) is 0.885. The van der Waals surface area contributed by atoms with Gasteiger partial charge in [0.2, 0.25) is 0 Å². The molecule has 1 saturated heterocycles. The zero-order valence-electron chi connectivity index (χ0n) is 14.5. The fourth-order valence-corrected chi connectivity index (χ4v) is 3.39. The molecule has 2 aromatic rings. The van der Waals surface area contributed by atoms with Crippen LogP contribution >= 0.6 is 23.2 Å². The van der Waals surface area contributed by atoms with Crippen LogP contribution < -0.4 is 0 Å². The van der Waals surface area contributed by atoms with Gasteiger partial charge in [0.1, 0.15) is 0 Å². The van der Waals surface area contributed by atoms with Crippen molar-refractivity contribution in [1.82, 2.24) is 9.80 Å². The van der Waals surface area contributed by atoms with E-state index in [1.807, 2.05) is 0 Å². The van der Waals surface area contributed by atoms with Gasteiger partial charge in [-0.15, -0.1) is 0 Å². The summed E-state index contributed by atoms with van der Waals surface area (Å²) < 4.78 is 40.4. The highest BCUT2D eigenvalue weighted by atomic mass is 35.5. The molecule has 28 heavy (non-hydrogen) atoms. The Kier molecular flexibility index (Phi) is 6.15. The van der Waals surface area contributed by atoms with Gasteiger partial charge in [0, 0.05) is 31.2 Å². The highest BCUT2D eigenvalue weighted by molar-refractivity contribution is 6.35. The molecule has 1 aliphatic rings. The smallest absolute Gasteiger partial charge is 0.257 e. The van der Waals surface area contributed by atoms with Crippen molar-refractivity contribution in [3.8, 4) is 0 Å².